The Morgan fingerprint density at radius 3 is 2.96 bits per heavy atom. The average molecular weight is 383 g/mol. The van der Waals surface area contributed by atoms with Crippen LogP contribution in [0, 0.1) is 0 Å². The van der Waals surface area contributed by atoms with E-state index >= 15 is 0 Å². The first-order chi connectivity index (χ1) is 13.2. The Hall–Kier alpha value is -3.25. The number of anilines is 1. The van der Waals surface area contributed by atoms with E-state index < -0.39 is 0 Å². The quantitative estimate of drug-likeness (QED) is 0.712. The molecule has 1 N–H and O–H groups in total. The Morgan fingerprint density at radius 1 is 1.19 bits per heavy atom. The molecule has 0 saturated heterocycles. The van der Waals surface area contributed by atoms with Crippen molar-refractivity contribution in [3.05, 3.63) is 77.1 Å². The number of nitrogens with zero attached hydrogens (tertiary/aromatic N) is 1. The van der Waals surface area contributed by atoms with Gasteiger partial charge in [-0.05, 0) is 30.3 Å². The summed E-state index contributed by atoms with van der Waals surface area (Å²) in [6.07, 6.45) is 3.46. The molecular formula is C20H15ClN2O4. The molecule has 7 heteroatoms. The zero-order chi connectivity index (χ0) is 18.6. The molecule has 3 aromatic rings. The van der Waals surface area contributed by atoms with Crippen molar-refractivity contribution in [1.82, 2.24) is 4.98 Å². The standard InChI is InChI=1S/C20H15ClN2O4/c21-17-7-14(8-18-19(17)27-12-26-18)20(24)23-15-4-1-5-16(9-15)25-11-13-3-2-6-22-10-13/h1-10H,11-12H2,(H,23,24). The molecule has 0 radical (unpaired) electrons. The topological polar surface area (TPSA) is 69.7 Å². The lowest BCUT2D eigenvalue weighted by Crippen LogP contribution is -2.12. The van der Waals surface area contributed by atoms with Crippen molar-refractivity contribution in [2.24, 2.45) is 0 Å². The molecule has 0 aliphatic carbocycles. The monoisotopic (exact) mass is 382 g/mol. The van der Waals surface area contributed by atoms with Gasteiger partial charge in [0.15, 0.2) is 11.5 Å². The van der Waals surface area contributed by atoms with Crippen molar-refractivity contribution in [2.75, 3.05) is 12.1 Å². The number of aromatic nitrogens is 1. The van der Waals surface area contributed by atoms with Crippen molar-refractivity contribution in [2.45, 2.75) is 6.61 Å². The predicted molar refractivity (Wildman–Crippen MR) is 101 cm³/mol. The van der Waals surface area contributed by atoms with E-state index in [4.69, 9.17) is 25.8 Å². The molecule has 0 bridgehead atoms. The molecule has 0 fully saturated rings. The Kier molecular flexibility index (Phi) is 4.80. The average Bonchev–Trinajstić information content (AvgIpc) is 3.17. The normalized spacial score (nSPS) is 11.9. The van der Waals surface area contributed by atoms with E-state index in [1.807, 2.05) is 18.2 Å². The van der Waals surface area contributed by atoms with Crippen molar-refractivity contribution < 1.29 is 19.0 Å². The maximum Gasteiger partial charge on any atom is 0.255 e. The first-order valence-electron chi connectivity index (χ1n) is 8.21. The summed E-state index contributed by atoms with van der Waals surface area (Å²) in [6.45, 7) is 0.486. The zero-order valence-corrected chi connectivity index (χ0v) is 14.9. The lowest BCUT2D eigenvalue weighted by atomic mass is 10.2. The lowest BCUT2D eigenvalue weighted by Gasteiger charge is -2.10. The van der Waals surface area contributed by atoms with Gasteiger partial charge in [0.2, 0.25) is 6.79 Å². The van der Waals surface area contributed by atoms with Crippen LogP contribution in [0.25, 0.3) is 0 Å². The minimum absolute atomic E-state index is 0.0937. The van der Waals surface area contributed by atoms with Crippen LogP contribution in [0.3, 0.4) is 0 Å². The second kappa shape index (κ2) is 7.55. The number of rotatable bonds is 5. The van der Waals surface area contributed by atoms with Gasteiger partial charge in [-0.1, -0.05) is 23.7 Å². The molecule has 6 nitrogen and oxygen atoms in total. The summed E-state index contributed by atoms with van der Waals surface area (Å²) in [4.78, 5) is 16.6. The Labute approximate surface area is 160 Å². The second-order valence-corrected chi connectivity index (χ2v) is 6.23. The van der Waals surface area contributed by atoms with Crippen LogP contribution in [0.4, 0.5) is 5.69 Å². The number of halogens is 1. The van der Waals surface area contributed by atoms with Gasteiger partial charge in [0.1, 0.15) is 12.4 Å². The summed E-state index contributed by atoms with van der Waals surface area (Å²) in [6, 6.07) is 14.1. The maximum absolute atomic E-state index is 12.5. The Balaban J connectivity index is 1.45. The van der Waals surface area contributed by atoms with Crippen LogP contribution in [0.15, 0.2) is 60.9 Å². The minimum Gasteiger partial charge on any atom is -0.489 e. The maximum atomic E-state index is 12.5. The van der Waals surface area contributed by atoms with Crippen LogP contribution in [-0.4, -0.2) is 17.7 Å². The molecule has 2 aromatic carbocycles. The van der Waals surface area contributed by atoms with E-state index in [9.17, 15) is 4.79 Å². The number of ether oxygens (including phenoxy) is 3. The Bertz CT molecular complexity index is 979. The third-order valence-electron chi connectivity index (χ3n) is 3.91. The molecule has 1 aliphatic rings. The SMILES string of the molecule is O=C(Nc1cccc(OCc2cccnc2)c1)c1cc(Cl)c2c(c1)OCO2. The van der Waals surface area contributed by atoms with Gasteiger partial charge in [0.05, 0.1) is 5.02 Å². The van der Waals surface area contributed by atoms with Gasteiger partial charge in [0.25, 0.3) is 5.91 Å². The van der Waals surface area contributed by atoms with E-state index in [1.165, 1.54) is 0 Å². The molecular weight excluding hydrogens is 368 g/mol. The van der Waals surface area contributed by atoms with Gasteiger partial charge in [-0.2, -0.15) is 0 Å². The molecule has 2 heterocycles. The van der Waals surface area contributed by atoms with Crippen LogP contribution >= 0.6 is 11.6 Å². The van der Waals surface area contributed by atoms with E-state index in [0.717, 1.165) is 5.56 Å². The van der Waals surface area contributed by atoms with Gasteiger partial charge in [-0.25, -0.2) is 0 Å². The molecule has 1 aromatic heterocycles. The largest absolute Gasteiger partial charge is 0.489 e. The fraction of sp³-hybridized carbons (Fsp3) is 0.100. The third-order valence-corrected chi connectivity index (χ3v) is 4.19. The first kappa shape index (κ1) is 17.2. The van der Waals surface area contributed by atoms with Gasteiger partial charge in [-0.3, -0.25) is 9.78 Å². The van der Waals surface area contributed by atoms with Crippen molar-refractivity contribution >= 4 is 23.2 Å². The van der Waals surface area contributed by atoms with E-state index in [1.54, 1.807) is 42.7 Å². The summed E-state index contributed by atoms with van der Waals surface area (Å²) >= 11 is 6.14. The predicted octanol–water partition coefficient (Wildman–Crippen LogP) is 4.30. The van der Waals surface area contributed by atoms with Crippen LogP contribution < -0.4 is 19.5 Å². The van der Waals surface area contributed by atoms with Crippen LogP contribution in [0.2, 0.25) is 5.02 Å². The zero-order valence-electron chi connectivity index (χ0n) is 14.1. The fourth-order valence-corrected chi connectivity index (χ4v) is 2.88. The van der Waals surface area contributed by atoms with Crippen LogP contribution in [0.1, 0.15) is 15.9 Å². The number of fused-ring (bicyclic) bond motifs is 1. The second-order valence-electron chi connectivity index (χ2n) is 5.82. The molecule has 0 atom stereocenters. The number of carbonyl (C=O) groups excluding carboxylic acids is 1. The highest BCUT2D eigenvalue weighted by Crippen LogP contribution is 2.39. The molecule has 136 valence electrons. The number of amides is 1. The van der Waals surface area contributed by atoms with Crippen LogP contribution in [0.5, 0.6) is 17.2 Å². The van der Waals surface area contributed by atoms with Gasteiger partial charge in [-0.15, -0.1) is 0 Å². The Morgan fingerprint density at radius 2 is 2.11 bits per heavy atom. The minimum atomic E-state index is -0.306. The first-order valence-corrected chi connectivity index (χ1v) is 8.59. The summed E-state index contributed by atoms with van der Waals surface area (Å²) in [5, 5.41) is 3.17. The third kappa shape index (κ3) is 3.96. The highest BCUT2D eigenvalue weighted by atomic mass is 35.5. The molecule has 0 unspecified atom stereocenters. The van der Waals surface area contributed by atoms with Crippen molar-refractivity contribution in [1.29, 1.82) is 0 Å². The molecule has 1 amide bonds. The molecule has 0 saturated carbocycles. The van der Waals surface area contributed by atoms with Crippen molar-refractivity contribution in [3.63, 3.8) is 0 Å². The van der Waals surface area contributed by atoms with Gasteiger partial charge < -0.3 is 19.5 Å². The van der Waals surface area contributed by atoms with Crippen molar-refractivity contribution in [3.8, 4) is 17.2 Å². The summed E-state index contributed by atoms with van der Waals surface area (Å²) < 4.78 is 16.3. The highest BCUT2D eigenvalue weighted by molar-refractivity contribution is 6.32. The highest BCUT2D eigenvalue weighted by Gasteiger charge is 2.20. The number of hydrogen-bond donors (Lipinski definition) is 1. The van der Waals surface area contributed by atoms with Gasteiger partial charge >= 0.3 is 0 Å². The number of nitrogens with one attached hydrogen (secondary N) is 1. The lowest BCUT2D eigenvalue weighted by molar-refractivity contribution is 0.102. The number of pyridine rings is 1. The molecule has 4 rings (SSSR count). The van der Waals surface area contributed by atoms with Gasteiger partial charge in [0, 0.05) is 35.3 Å². The van der Waals surface area contributed by atoms with Crippen LogP contribution in [-0.2, 0) is 6.61 Å². The van der Waals surface area contributed by atoms with E-state index in [-0.39, 0.29) is 12.7 Å². The fourth-order valence-electron chi connectivity index (χ4n) is 2.62. The molecule has 27 heavy (non-hydrogen) atoms. The number of benzene rings is 2. The summed E-state index contributed by atoms with van der Waals surface area (Å²) in [5.41, 5.74) is 1.95. The smallest absolute Gasteiger partial charge is 0.255 e. The summed E-state index contributed by atoms with van der Waals surface area (Å²) in [5.74, 6) is 1.25. The number of carbonyl (C=O) groups is 1. The summed E-state index contributed by atoms with van der Waals surface area (Å²) in [7, 11) is 0. The van der Waals surface area contributed by atoms with E-state index in [2.05, 4.69) is 10.3 Å². The molecule has 1 aliphatic heterocycles. The number of hydrogen-bond acceptors (Lipinski definition) is 5. The van der Waals surface area contributed by atoms with E-state index in [0.29, 0.717) is 40.1 Å². The molecule has 0 spiro atoms.